The van der Waals surface area contributed by atoms with Crippen LogP contribution in [0.3, 0.4) is 0 Å². The fourth-order valence-corrected chi connectivity index (χ4v) is 2.34. The van der Waals surface area contributed by atoms with Gasteiger partial charge in [0.15, 0.2) is 11.5 Å². The highest BCUT2D eigenvalue weighted by molar-refractivity contribution is 6.31. The predicted octanol–water partition coefficient (Wildman–Crippen LogP) is 2.63. The van der Waals surface area contributed by atoms with E-state index in [1.165, 1.54) is 6.42 Å². The van der Waals surface area contributed by atoms with Gasteiger partial charge in [-0.3, -0.25) is 0 Å². The maximum atomic E-state index is 5.91. The van der Waals surface area contributed by atoms with Crippen molar-refractivity contribution in [2.45, 2.75) is 12.8 Å². The zero-order valence-electron chi connectivity index (χ0n) is 8.87. The molecule has 84 valence electrons. The molecule has 3 rings (SSSR count). The molecule has 0 spiro atoms. The molecule has 3 nitrogen and oxygen atoms in total. The Morgan fingerprint density at radius 2 is 2.44 bits per heavy atom. The molecule has 2 aromatic rings. The van der Waals surface area contributed by atoms with Crippen molar-refractivity contribution in [3.63, 3.8) is 0 Å². The SMILES string of the molecule is Clc1ccc2oc(CC3CCNC3)nc2c1. The van der Waals surface area contributed by atoms with Crippen LogP contribution in [0.15, 0.2) is 22.6 Å². The number of nitrogens with zero attached hydrogens (tertiary/aromatic N) is 1. The van der Waals surface area contributed by atoms with Crippen LogP contribution in [-0.2, 0) is 6.42 Å². The number of aromatic nitrogens is 1. The van der Waals surface area contributed by atoms with E-state index in [-0.39, 0.29) is 0 Å². The lowest BCUT2D eigenvalue weighted by Crippen LogP contribution is -2.10. The summed E-state index contributed by atoms with van der Waals surface area (Å²) in [5.41, 5.74) is 1.68. The van der Waals surface area contributed by atoms with Crippen molar-refractivity contribution >= 4 is 22.7 Å². The average molecular weight is 237 g/mol. The van der Waals surface area contributed by atoms with Gasteiger partial charge in [-0.15, -0.1) is 0 Å². The second-order valence-corrected chi connectivity index (χ2v) is 4.72. The van der Waals surface area contributed by atoms with Crippen molar-refractivity contribution < 1.29 is 4.42 Å². The van der Waals surface area contributed by atoms with Gasteiger partial charge in [-0.2, -0.15) is 0 Å². The summed E-state index contributed by atoms with van der Waals surface area (Å²) in [6, 6.07) is 5.55. The Labute approximate surface area is 98.8 Å². The molecule has 1 aliphatic heterocycles. The summed E-state index contributed by atoms with van der Waals surface area (Å²) < 4.78 is 5.69. The second kappa shape index (κ2) is 4.07. The van der Waals surface area contributed by atoms with E-state index in [2.05, 4.69) is 10.3 Å². The smallest absolute Gasteiger partial charge is 0.195 e. The first kappa shape index (κ1) is 10.1. The largest absolute Gasteiger partial charge is 0.441 e. The summed E-state index contributed by atoms with van der Waals surface area (Å²) in [6.07, 6.45) is 2.12. The van der Waals surface area contributed by atoms with Crippen LogP contribution >= 0.6 is 11.6 Å². The van der Waals surface area contributed by atoms with Gasteiger partial charge in [-0.05, 0) is 43.6 Å². The van der Waals surface area contributed by atoms with Crippen LogP contribution in [0.25, 0.3) is 11.1 Å². The molecule has 1 fully saturated rings. The molecule has 1 aliphatic rings. The fourth-order valence-electron chi connectivity index (χ4n) is 2.17. The van der Waals surface area contributed by atoms with Gasteiger partial charge < -0.3 is 9.73 Å². The van der Waals surface area contributed by atoms with Gasteiger partial charge in [0.25, 0.3) is 0 Å². The molecule has 0 aliphatic carbocycles. The standard InChI is InChI=1S/C12H13ClN2O/c13-9-1-2-11-10(6-9)15-12(16-11)5-8-3-4-14-7-8/h1-2,6,8,14H,3-5,7H2. The van der Waals surface area contributed by atoms with Gasteiger partial charge >= 0.3 is 0 Å². The summed E-state index contributed by atoms with van der Waals surface area (Å²) >= 11 is 5.91. The van der Waals surface area contributed by atoms with Gasteiger partial charge in [-0.1, -0.05) is 11.6 Å². The molecule has 2 heterocycles. The Kier molecular flexibility index (Phi) is 2.58. The quantitative estimate of drug-likeness (QED) is 0.871. The van der Waals surface area contributed by atoms with E-state index in [9.17, 15) is 0 Å². The summed E-state index contributed by atoms with van der Waals surface area (Å²) in [4.78, 5) is 4.46. The van der Waals surface area contributed by atoms with E-state index in [1.54, 1.807) is 0 Å². The minimum Gasteiger partial charge on any atom is -0.441 e. The Morgan fingerprint density at radius 3 is 3.25 bits per heavy atom. The maximum absolute atomic E-state index is 5.91. The average Bonchev–Trinajstić information content (AvgIpc) is 2.86. The van der Waals surface area contributed by atoms with Crippen LogP contribution in [0.1, 0.15) is 12.3 Å². The van der Waals surface area contributed by atoms with E-state index < -0.39 is 0 Å². The van der Waals surface area contributed by atoms with Crippen LogP contribution in [0, 0.1) is 5.92 Å². The minimum atomic E-state index is 0.656. The van der Waals surface area contributed by atoms with Crippen LogP contribution in [0.2, 0.25) is 5.02 Å². The molecule has 4 heteroatoms. The first-order valence-electron chi connectivity index (χ1n) is 5.57. The van der Waals surface area contributed by atoms with Crippen LogP contribution in [0.5, 0.6) is 0 Å². The Bertz CT molecular complexity index is 503. The normalized spacial score (nSPS) is 20.7. The minimum absolute atomic E-state index is 0.656. The van der Waals surface area contributed by atoms with E-state index in [0.29, 0.717) is 10.9 Å². The topological polar surface area (TPSA) is 38.1 Å². The number of oxazole rings is 1. The van der Waals surface area contributed by atoms with Crippen molar-refractivity contribution in [3.8, 4) is 0 Å². The highest BCUT2D eigenvalue weighted by Crippen LogP contribution is 2.22. The molecular weight excluding hydrogens is 224 g/mol. The van der Waals surface area contributed by atoms with E-state index in [4.69, 9.17) is 16.0 Å². The Balaban J connectivity index is 1.86. The van der Waals surface area contributed by atoms with Crippen molar-refractivity contribution in [2.75, 3.05) is 13.1 Å². The molecule has 1 N–H and O–H groups in total. The molecule has 0 bridgehead atoms. The number of hydrogen-bond acceptors (Lipinski definition) is 3. The van der Waals surface area contributed by atoms with Crippen LogP contribution in [0.4, 0.5) is 0 Å². The summed E-state index contributed by atoms with van der Waals surface area (Å²) in [7, 11) is 0. The molecule has 1 unspecified atom stereocenters. The van der Waals surface area contributed by atoms with Crippen LogP contribution in [-0.4, -0.2) is 18.1 Å². The maximum Gasteiger partial charge on any atom is 0.195 e. The van der Waals surface area contributed by atoms with Crippen molar-refractivity contribution in [1.82, 2.24) is 10.3 Å². The molecular formula is C12H13ClN2O. The molecule has 1 aromatic carbocycles. The number of halogens is 1. The zero-order chi connectivity index (χ0) is 11.0. The molecule has 1 atom stereocenters. The lowest BCUT2D eigenvalue weighted by molar-refractivity contribution is 0.462. The monoisotopic (exact) mass is 236 g/mol. The lowest BCUT2D eigenvalue weighted by Gasteiger charge is -2.02. The van der Waals surface area contributed by atoms with Gasteiger partial charge in [0, 0.05) is 11.4 Å². The number of fused-ring (bicyclic) bond motifs is 1. The number of nitrogens with one attached hydrogen (secondary N) is 1. The zero-order valence-corrected chi connectivity index (χ0v) is 9.63. The Hall–Kier alpha value is -1.06. The fraction of sp³-hybridized carbons (Fsp3) is 0.417. The van der Waals surface area contributed by atoms with E-state index >= 15 is 0 Å². The van der Waals surface area contributed by atoms with Gasteiger partial charge in [0.1, 0.15) is 5.52 Å². The molecule has 1 saturated heterocycles. The first-order chi connectivity index (χ1) is 7.81. The molecule has 0 radical (unpaired) electrons. The van der Waals surface area contributed by atoms with Gasteiger partial charge in [0.2, 0.25) is 0 Å². The summed E-state index contributed by atoms with van der Waals surface area (Å²) in [6.45, 7) is 2.18. The molecule has 0 saturated carbocycles. The Morgan fingerprint density at radius 1 is 1.50 bits per heavy atom. The van der Waals surface area contributed by atoms with E-state index in [0.717, 1.165) is 36.5 Å². The van der Waals surface area contributed by atoms with Crippen molar-refractivity contribution in [3.05, 3.63) is 29.1 Å². The summed E-state index contributed by atoms with van der Waals surface area (Å²) in [5, 5.41) is 4.05. The number of rotatable bonds is 2. The van der Waals surface area contributed by atoms with Crippen LogP contribution < -0.4 is 5.32 Å². The summed E-state index contributed by atoms with van der Waals surface area (Å²) in [5.74, 6) is 1.48. The van der Waals surface area contributed by atoms with E-state index in [1.807, 2.05) is 18.2 Å². The molecule has 0 amide bonds. The second-order valence-electron chi connectivity index (χ2n) is 4.28. The van der Waals surface area contributed by atoms with Crippen molar-refractivity contribution in [1.29, 1.82) is 0 Å². The predicted molar refractivity (Wildman–Crippen MR) is 63.7 cm³/mol. The third kappa shape index (κ3) is 1.93. The number of hydrogen-bond donors (Lipinski definition) is 1. The number of benzene rings is 1. The third-order valence-electron chi connectivity index (χ3n) is 3.02. The third-order valence-corrected chi connectivity index (χ3v) is 3.25. The van der Waals surface area contributed by atoms with Gasteiger partial charge in [0.05, 0.1) is 0 Å². The first-order valence-corrected chi connectivity index (χ1v) is 5.95. The van der Waals surface area contributed by atoms with Crippen molar-refractivity contribution in [2.24, 2.45) is 5.92 Å². The molecule has 1 aromatic heterocycles. The molecule has 16 heavy (non-hydrogen) atoms. The lowest BCUT2D eigenvalue weighted by atomic mass is 10.1. The highest BCUT2D eigenvalue weighted by Gasteiger charge is 2.17. The van der Waals surface area contributed by atoms with Gasteiger partial charge in [-0.25, -0.2) is 4.98 Å². The highest BCUT2D eigenvalue weighted by atomic mass is 35.5.